The van der Waals surface area contributed by atoms with Gasteiger partial charge in [-0.3, -0.25) is 4.99 Å². The first-order valence-corrected chi connectivity index (χ1v) is 4.79. The molecule has 1 atom stereocenters. The fraction of sp³-hybridized carbons (Fsp3) is 0.222. The second kappa shape index (κ2) is 3.19. The Morgan fingerprint density at radius 1 is 1.33 bits per heavy atom. The van der Waals surface area contributed by atoms with Crippen molar-refractivity contribution in [1.29, 1.82) is 0 Å². The summed E-state index contributed by atoms with van der Waals surface area (Å²) in [5.74, 6) is 0.994. The lowest BCUT2D eigenvalue weighted by Gasteiger charge is -1.98. The minimum absolute atomic E-state index is 0.334. The summed E-state index contributed by atoms with van der Waals surface area (Å²) in [4.78, 5) is 4.43. The molecule has 1 heterocycles. The van der Waals surface area contributed by atoms with Gasteiger partial charge in [0.25, 0.3) is 0 Å². The van der Waals surface area contributed by atoms with Crippen molar-refractivity contribution < 1.29 is 0 Å². The Labute approximate surface area is 76.2 Å². The van der Waals surface area contributed by atoms with Crippen LogP contribution in [0.1, 0.15) is 12.5 Å². The molecule has 0 spiro atoms. The van der Waals surface area contributed by atoms with Gasteiger partial charge in [0.15, 0.2) is 0 Å². The van der Waals surface area contributed by atoms with Crippen molar-refractivity contribution in [2.45, 2.75) is 12.3 Å². The monoisotopic (exact) mass is 178 g/mol. The van der Waals surface area contributed by atoms with Gasteiger partial charge in [-0.05, 0) is 18.9 Å². The van der Waals surface area contributed by atoms with Crippen LogP contribution in [-0.2, 0) is 0 Å². The van der Waals surface area contributed by atoms with E-state index >= 15 is 0 Å². The van der Waals surface area contributed by atoms with E-state index in [0.29, 0.717) is 5.37 Å². The smallest absolute Gasteiger partial charge is 0.139 e. The third-order valence-electron chi connectivity index (χ3n) is 1.68. The van der Waals surface area contributed by atoms with Crippen molar-refractivity contribution in [3.63, 3.8) is 0 Å². The first kappa shape index (κ1) is 7.68. The molecule has 0 bridgehead atoms. The van der Waals surface area contributed by atoms with Gasteiger partial charge in [0.05, 0.1) is 0 Å². The Morgan fingerprint density at radius 3 is 2.67 bits per heavy atom. The molecule has 3 heteroatoms. The molecular weight excluding hydrogens is 168 g/mol. The van der Waals surface area contributed by atoms with Gasteiger partial charge in [0.1, 0.15) is 11.2 Å². The summed E-state index contributed by atoms with van der Waals surface area (Å²) >= 11 is 1.65. The molecule has 0 aliphatic carbocycles. The number of aliphatic imine (C=N–C) groups is 1. The molecule has 2 rings (SSSR count). The van der Waals surface area contributed by atoms with Crippen LogP contribution in [0.4, 0.5) is 0 Å². The van der Waals surface area contributed by atoms with Gasteiger partial charge < -0.3 is 4.72 Å². The Bertz CT molecular complexity index is 295. The van der Waals surface area contributed by atoms with E-state index in [2.05, 4.69) is 28.8 Å². The third kappa shape index (κ3) is 1.46. The van der Waals surface area contributed by atoms with Crippen molar-refractivity contribution in [2.24, 2.45) is 4.99 Å². The van der Waals surface area contributed by atoms with Gasteiger partial charge in [-0.15, -0.1) is 0 Å². The largest absolute Gasteiger partial charge is 0.312 e. The zero-order valence-electron chi connectivity index (χ0n) is 6.82. The van der Waals surface area contributed by atoms with E-state index in [9.17, 15) is 0 Å². The molecule has 0 fully saturated rings. The lowest BCUT2D eigenvalue weighted by molar-refractivity contribution is 1.06. The molecule has 0 aromatic heterocycles. The summed E-state index contributed by atoms with van der Waals surface area (Å²) in [6.45, 7) is 2.08. The van der Waals surface area contributed by atoms with Gasteiger partial charge in [0, 0.05) is 5.56 Å². The fourth-order valence-corrected chi connectivity index (χ4v) is 1.72. The van der Waals surface area contributed by atoms with Gasteiger partial charge in [-0.2, -0.15) is 0 Å². The number of rotatable bonds is 1. The van der Waals surface area contributed by atoms with E-state index in [1.165, 1.54) is 0 Å². The average molecular weight is 178 g/mol. The van der Waals surface area contributed by atoms with Crippen LogP contribution in [0.15, 0.2) is 35.3 Å². The molecular formula is C9H10N2S. The summed E-state index contributed by atoms with van der Waals surface area (Å²) in [6.07, 6.45) is 0. The van der Waals surface area contributed by atoms with Crippen molar-refractivity contribution in [3.8, 4) is 0 Å². The Hall–Kier alpha value is -0.960. The molecule has 0 saturated heterocycles. The molecule has 1 aliphatic rings. The second-order valence-corrected chi connectivity index (χ2v) is 3.79. The molecule has 1 aliphatic heterocycles. The highest BCUT2D eigenvalue weighted by Gasteiger charge is 2.13. The third-order valence-corrected chi connectivity index (χ3v) is 2.44. The maximum atomic E-state index is 4.43. The van der Waals surface area contributed by atoms with Crippen LogP contribution in [0.5, 0.6) is 0 Å². The Kier molecular flexibility index (Phi) is 2.04. The molecule has 1 N–H and O–H groups in total. The van der Waals surface area contributed by atoms with Crippen molar-refractivity contribution in [1.82, 2.24) is 4.72 Å². The van der Waals surface area contributed by atoms with E-state index < -0.39 is 0 Å². The van der Waals surface area contributed by atoms with Gasteiger partial charge in [-0.1, -0.05) is 30.3 Å². The van der Waals surface area contributed by atoms with Gasteiger partial charge in [-0.25, -0.2) is 0 Å². The molecule has 0 saturated carbocycles. The normalized spacial score (nSPS) is 21.8. The first-order valence-electron chi connectivity index (χ1n) is 3.91. The zero-order valence-corrected chi connectivity index (χ0v) is 7.64. The minimum atomic E-state index is 0.334. The number of nitrogens with zero attached hydrogens (tertiary/aromatic N) is 1. The van der Waals surface area contributed by atoms with Crippen LogP contribution in [-0.4, -0.2) is 11.2 Å². The number of hydrogen-bond donors (Lipinski definition) is 1. The summed E-state index contributed by atoms with van der Waals surface area (Å²) in [6, 6.07) is 10.2. The van der Waals surface area contributed by atoms with Crippen molar-refractivity contribution in [2.75, 3.05) is 0 Å². The van der Waals surface area contributed by atoms with Crippen LogP contribution in [0, 0.1) is 0 Å². The van der Waals surface area contributed by atoms with Crippen LogP contribution in [0.2, 0.25) is 0 Å². The topological polar surface area (TPSA) is 24.4 Å². The summed E-state index contributed by atoms with van der Waals surface area (Å²) < 4.78 is 3.19. The lowest BCUT2D eigenvalue weighted by atomic mass is 10.2. The van der Waals surface area contributed by atoms with Crippen LogP contribution in [0.25, 0.3) is 0 Å². The summed E-state index contributed by atoms with van der Waals surface area (Å²) in [5, 5.41) is 0.334. The number of hydrogen-bond acceptors (Lipinski definition) is 3. The first-order chi connectivity index (χ1) is 5.86. The predicted molar refractivity (Wildman–Crippen MR) is 53.2 cm³/mol. The van der Waals surface area contributed by atoms with E-state index in [0.717, 1.165) is 11.4 Å². The maximum Gasteiger partial charge on any atom is 0.139 e. The molecule has 1 aromatic rings. The summed E-state index contributed by atoms with van der Waals surface area (Å²) in [7, 11) is 0. The highest BCUT2D eigenvalue weighted by atomic mass is 32.2. The van der Waals surface area contributed by atoms with E-state index in [1.807, 2.05) is 18.2 Å². The highest BCUT2D eigenvalue weighted by molar-refractivity contribution is 7.98. The lowest BCUT2D eigenvalue weighted by Crippen LogP contribution is -2.11. The summed E-state index contributed by atoms with van der Waals surface area (Å²) in [5.41, 5.74) is 1.16. The molecule has 0 amide bonds. The average Bonchev–Trinajstić information content (AvgIpc) is 2.54. The number of nitrogens with one attached hydrogen (secondary N) is 1. The minimum Gasteiger partial charge on any atom is -0.312 e. The van der Waals surface area contributed by atoms with Crippen molar-refractivity contribution in [3.05, 3.63) is 35.9 Å². The SMILES string of the molecule is CC1N=C(c2ccccc2)NS1. The van der Waals surface area contributed by atoms with E-state index in [-0.39, 0.29) is 0 Å². The molecule has 12 heavy (non-hydrogen) atoms. The van der Waals surface area contributed by atoms with Crippen LogP contribution < -0.4 is 4.72 Å². The standard InChI is InChI=1S/C9H10N2S/c1-7-10-9(11-12-7)8-5-3-2-4-6-8/h2-7H,1H3,(H,10,11). The number of amidine groups is 1. The van der Waals surface area contributed by atoms with Gasteiger partial charge in [0.2, 0.25) is 0 Å². The quantitative estimate of drug-likeness (QED) is 0.665. The Balaban J connectivity index is 2.27. The fourth-order valence-electron chi connectivity index (χ4n) is 1.11. The molecule has 1 aromatic carbocycles. The van der Waals surface area contributed by atoms with Crippen LogP contribution in [0.3, 0.4) is 0 Å². The molecule has 1 unspecified atom stereocenters. The predicted octanol–water partition coefficient (Wildman–Crippen LogP) is 2.03. The highest BCUT2D eigenvalue weighted by Crippen LogP contribution is 2.17. The maximum absolute atomic E-state index is 4.43. The van der Waals surface area contributed by atoms with Gasteiger partial charge >= 0.3 is 0 Å². The molecule has 2 nitrogen and oxygen atoms in total. The van der Waals surface area contributed by atoms with Crippen molar-refractivity contribution >= 4 is 17.8 Å². The van der Waals surface area contributed by atoms with E-state index in [1.54, 1.807) is 11.9 Å². The molecule has 62 valence electrons. The van der Waals surface area contributed by atoms with Crippen LogP contribution >= 0.6 is 11.9 Å². The Morgan fingerprint density at radius 2 is 2.08 bits per heavy atom. The second-order valence-electron chi connectivity index (χ2n) is 2.66. The number of benzene rings is 1. The molecule has 0 radical (unpaired) electrons. The zero-order chi connectivity index (χ0) is 8.39. The van der Waals surface area contributed by atoms with E-state index in [4.69, 9.17) is 0 Å².